The second-order valence-electron chi connectivity index (χ2n) is 9.81. The number of rotatable bonds is 8. The number of aromatic nitrogens is 1. The van der Waals surface area contributed by atoms with E-state index in [1.807, 2.05) is 115 Å². The van der Waals surface area contributed by atoms with Crippen LogP contribution in [0.4, 0.5) is 11.4 Å². The highest BCUT2D eigenvalue weighted by atomic mass is 35.5. The standard InChI is InChI=1S/C33H27ClN4O3S/c1-21-25(10-7-11-26(21)34)28-17-18-29(41-28)32-31(27-12-5-6-19-35-27)37-33(42)38(32)23-15-13-22(14-16-23)36-30(39)20-40-24-8-3-2-4-9-24/h2-19,31-32H,20H2,1H3,(H,36,39)(H,37,42)/t31-,32+/m0/s1. The molecule has 0 saturated carbocycles. The van der Waals surface area contributed by atoms with Gasteiger partial charge >= 0.3 is 0 Å². The molecule has 0 radical (unpaired) electrons. The largest absolute Gasteiger partial charge is 0.484 e. The summed E-state index contributed by atoms with van der Waals surface area (Å²) in [6.45, 7) is 1.88. The average molecular weight is 595 g/mol. The minimum absolute atomic E-state index is 0.0906. The quantitative estimate of drug-likeness (QED) is 0.180. The summed E-state index contributed by atoms with van der Waals surface area (Å²) in [5, 5.41) is 7.55. The maximum Gasteiger partial charge on any atom is 0.262 e. The summed E-state index contributed by atoms with van der Waals surface area (Å²) in [6.07, 6.45) is 1.77. The lowest BCUT2D eigenvalue weighted by Crippen LogP contribution is -2.29. The molecule has 9 heteroatoms. The van der Waals surface area contributed by atoms with Crippen LogP contribution in [0, 0.1) is 6.92 Å². The third-order valence-corrected chi connectivity index (χ3v) is 7.82. The van der Waals surface area contributed by atoms with Crippen molar-refractivity contribution in [3.05, 3.63) is 131 Å². The average Bonchev–Trinajstić information content (AvgIpc) is 3.63. The number of ether oxygens (including phenoxy) is 1. The molecule has 42 heavy (non-hydrogen) atoms. The fourth-order valence-electron chi connectivity index (χ4n) is 5.02. The molecule has 7 nitrogen and oxygen atoms in total. The minimum atomic E-state index is -0.319. The Balaban J connectivity index is 1.27. The normalized spacial score (nSPS) is 16.2. The first-order valence-electron chi connectivity index (χ1n) is 13.4. The molecule has 2 aromatic heterocycles. The predicted octanol–water partition coefficient (Wildman–Crippen LogP) is 7.50. The highest BCUT2D eigenvalue weighted by Crippen LogP contribution is 2.43. The second-order valence-corrected chi connectivity index (χ2v) is 10.6. The maximum atomic E-state index is 12.5. The lowest BCUT2D eigenvalue weighted by molar-refractivity contribution is -0.118. The number of carbonyl (C=O) groups excluding carboxylic acids is 1. The highest BCUT2D eigenvalue weighted by Gasteiger charge is 2.42. The first-order chi connectivity index (χ1) is 20.5. The van der Waals surface area contributed by atoms with E-state index >= 15 is 0 Å². The van der Waals surface area contributed by atoms with E-state index < -0.39 is 0 Å². The third-order valence-electron chi connectivity index (χ3n) is 7.09. The van der Waals surface area contributed by atoms with Gasteiger partial charge in [-0.2, -0.15) is 0 Å². The lowest BCUT2D eigenvalue weighted by atomic mass is 10.0. The zero-order valence-corrected chi connectivity index (χ0v) is 24.2. The van der Waals surface area contributed by atoms with E-state index in [-0.39, 0.29) is 24.6 Å². The number of nitrogens with zero attached hydrogens (tertiary/aromatic N) is 2. The number of amides is 1. The molecule has 1 saturated heterocycles. The van der Waals surface area contributed by atoms with Gasteiger partial charge in [-0.05, 0) is 91.4 Å². The maximum absolute atomic E-state index is 12.5. The van der Waals surface area contributed by atoms with E-state index in [2.05, 4.69) is 15.6 Å². The van der Waals surface area contributed by atoms with Crippen molar-refractivity contribution in [1.82, 2.24) is 10.3 Å². The third kappa shape index (κ3) is 5.72. The molecule has 0 aliphatic carbocycles. The Morgan fingerprint density at radius 1 is 1.00 bits per heavy atom. The lowest BCUT2D eigenvalue weighted by Gasteiger charge is -2.26. The van der Waals surface area contributed by atoms with Crippen molar-refractivity contribution in [1.29, 1.82) is 0 Å². The van der Waals surface area contributed by atoms with E-state index in [1.54, 1.807) is 6.20 Å². The van der Waals surface area contributed by atoms with Crippen LogP contribution in [-0.2, 0) is 4.79 Å². The van der Waals surface area contributed by atoms with Gasteiger partial charge in [-0.15, -0.1) is 0 Å². The highest BCUT2D eigenvalue weighted by molar-refractivity contribution is 7.80. The molecule has 1 aliphatic heterocycles. The van der Waals surface area contributed by atoms with Crippen molar-refractivity contribution >= 4 is 46.2 Å². The van der Waals surface area contributed by atoms with Crippen LogP contribution in [0.15, 0.2) is 114 Å². The zero-order valence-electron chi connectivity index (χ0n) is 22.7. The minimum Gasteiger partial charge on any atom is -0.484 e. The number of benzene rings is 3. The summed E-state index contributed by atoms with van der Waals surface area (Å²) in [5.74, 6) is 1.83. The van der Waals surface area contributed by atoms with Crippen LogP contribution in [0.25, 0.3) is 11.3 Å². The van der Waals surface area contributed by atoms with Crippen LogP contribution >= 0.6 is 23.8 Å². The van der Waals surface area contributed by atoms with Crippen molar-refractivity contribution in [2.24, 2.45) is 0 Å². The number of pyridine rings is 1. The van der Waals surface area contributed by atoms with Gasteiger partial charge in [0.2, 0.25) is 0 Å². The first-order valence-corrected chi connectivity index (χ1v) is 14.2. The number of furan rings is 1. The molecule has 5 aromatic rings. The topological polar surface area (TPSA) is 79.6 Å². The monoisotopic (exact) mass is 594 g/mol. The van der Waals surface area contributed by atoms with E-state index in [9.17, 15) is 4.79 Å². The summed E-state index contributed by atoms with van der Waals surface area (Å²) in [6, 6.07) is 31.7. The fourth-order valence-corrected chi connectivity index (χ4v) is 5.54. The molecule has 2 atom stereocenters. The van der Waals surface area contributed by atoms with Gasteiger partial charge in [0.05, 0.1) is 11.7 Å². The summed E-state index contributed by atoms with van der Waals surface area (Å²) < 4.78 is 12.0. The van der Waals surface area contributed by atoms with E-state index in [4.69, 9.17) is 33.0 Å². The van der Waals surface area contributed by atoms with Crippen molar-refractivity contribution < 1.29 is 13.9 Å². The van der Waals surface area contributed by atoms with Crippen molar-refractivity contribution in [2.75, 3.05) is 16.8 Å². The van der Waals surface area contributed by atoms with Crippen LogP contribution < -0.4 is 20.3 Å². The smallest absolute Gasteiger partial charge is 0.262 e. The molecule has 0 bridgehead atoms. The summed E-state index contributed by atoms with van der Waals surface area (Å²) in [5.41, 5.74) is 4.20. The number of thiocarbonyl (C=S) groups is 1. The number of nitrogens with one attached hydrogen (secondary N) is 2. The molecule has 0 spiro atoms. The first kappa shape index (κ1) is 27.5. The Morgan fingerprint density at radius 2 is 1.79 bits per heavy atom. The van der Waals surface area contributed by atoms with Crippen LogP contribution in [0.2, 0.25) is 5.02 Å². The van der Waals surface area contributed by atoms with E-state index in [1.165, 1.54) is 0 Å². The number of carbonyl (C=O) groups is 1. The Morgan fingerprint density at radius 3 is 2.55 bits per heavy atom. The number of hydrogen-bond acceptors (Lipinski definition) is 5. The second kappa shape index (κ2) is 12.1. The van der Waals surface area contributed by atoms with Gasteiger partial charge in [0.1, 0.15) is 23.3 Å². The van der Waals surface area contributed by atoms with Gasteiger partial charge in [-0.1, -0.05) is 48.0 Å². The zero-order chi connectivity index (χ0) is 29.1. The molecule has 1 fully saturated rings. The Hall–Kier alpha value is -4.66. The summed E-state index contributed by atoms with van der Waals surface area (Å²) in [4.78, 5) is 19.1. The number of para-hydroxylation sites is 1. The molecular weight excluding hydrogens is 568 g/mol. The van der Waals surface area contributed by atoms with Gasteiger partial charge in [0, 0.05) is 28.2 Å². The molecule has 1 amide bonds. The fraction of sp³-hybridized carbons (Fsp3) is 0.121. The number of halogens is 1. The molecule has 1 aliphatic rings. The molecule has 210 valence electrons. The molecule has 6 rings (SSSR count). The number of hydrogen-bond donors (Lipinski definition) is 2. The van der Waals surface area contributed by atoms with Crippen molar-refractivity contribution in [3.8, 4) is 17.1 Å². The molecular formula is C33H27ClN4O3S. The van der Waals surface area contributed by atoms with Crippen molar-refractivity contribution in [2.45, 2.75) is 19.0 Å². The van der Waals surface area contributed by atoms with Gasteiger partial charge in [-0.25, -0.2) is 0 Å². The SMILES string of the molecule is Cc1c(Cl)cccc1-c1ccc([C@@H]2[C@H](c3ccccn3)NC(=S)N2c2ccc(NC(=O)COc3ccccc3)cc2)o1. The van der Waals surface area contributed by atoms with Gasteiger partial charge in [-0.3, -0.25) is 9.78 Å². The number of anilines is 2. The van der Waals surface area contributed by atoms with Crippen molar-refractivity contribution in [3.63, 3.8) is 0 Å². The van der Waals surface area contributed by atoms with E-state index in [0.29, 0.717) is 21.6 Å². The van der Waals surface area contributed by atoms with Crippen LogP contribution in [-0.4, -0.2) is 22.6 Å². The Kier molecular flexibility index (Phi) is 7.90. The Labute approximate surface area is 254 Å². The van der Waals surface area contributed by atoms with E-state index in [0.717, 1.165) is 34.0 Å². The van der Waals surface area contributed by atoms with Crippen LogP contribution in [0.1, 0.15) is 29.1 Å². The predicted molar refractivity (Wildman–Crippen MR) is 169 cm³/mol. The molecule has 0 unspecified atom stereocenters. The van der Waals surface area contributed by atoms with Gasteiger partial charge in [0.15, 0.2) is 11.7 Å². The van der Waals surface area contributed by atoms with Crippen LogP contribution in [0.3, 0.4) is 0 Å². The molecule has 3 aromatic carbocycles. The van der Waals surface area contributed by atoms with Gasteiger partial charge < -0.3 is 24.7 Å². The van der Waals surface area contributed by atoms with Gasteiger partial charge in [0.25, 0.3) is 5.91 Å². The van der Waals surface area contributed by atoms with Crippen LogP contribution in [0.5, 0.6) is 5.75 Å². The summed E-state index contributed by atoms with van der Waals surface area (Å²) >= 11 is 12.2. The summed E-state index contributed by atoms with van der Waals surface area (Å²) in [7, 11) is 0. The molecule has 2 N–H and O–H groups in total. The Bertz CT molecular complexity index is 1710. The molecule has 3 heterocycles.